The van der Waals surface area contributed by atoms with E-state index in [2.05, 4.69) is 9.73 Å². The number of nitrogens with zero attached hydrogens (tertiary/aromatic N) is 1. The maximum absolute atomic E-state index is 12.4. The lowest BCUT2D eigenvalue weighted by atomic mass is 10.1. The fourth-order valence-corrected chi connectivity index (χ4v) is 2.28. The first-order valence-corrected chi connectivity index (χ1v) is 7.37. The molecule has 26 heavy (non-hydrogen) atoms. The number of rotatable bonds is 4. The SMILES string of the molecule is COc1ccc(OC(F)(F)F)cc1/C=C1\N=C(c2ccccc2)OC1=O. The summed E-state index contributed by atoms with van der Waals surface area (Å²) in [5.74, 6) is -0.788. The first-order chi connectivity index (χ1) is 12.4. The standard InChI is InChI=1S/C18H12F3NO4/c1-24-15-8-7-13(26-18(19,20)21)9-12(15)10-14-17(23)25-16(22-14)11-5-3-2-4-6-11/h2-10H,1H3/b14-10-. The highest BCUT2D eigenvalue weighted by molar-refractivity contribution is 6.12. The van der Waals surface area contributed by atoms with E-state index in [0.29, 0.717) is 5.56 Å². The van der Waals surface area contributed by atoms with Crippen LogP contribution in [0, 0.1) is 0 Å². The summed E-state index contributed by atoms with van der Waals surface area (Å²) in [5, 5.41) is 0. The number of hydrogen-bond acceptors (Lipinski definition) is 5. The predicted molar refractivity (Wildman–Crippen MR) is 86.7 cm³/mol. The summed E-state index contributed by atoms with van der Waals surface area (Å²) >= 11 is 0. The van der Waals surface area contributed by atoms with Crippen molar-refractivity contribution in [3.8, 4) is 11.5 Å². The Labute approximate surface area is 146 Å². The van der Waals surface area contributed by atoms with E-state index < -0.39 is 18.1 Å². The Bertz CT molecular complexity index is 889. The van der Waals surface area contributed by atoms with Crippen LogP contribution >= 0.6 is 0 Å². The number of hydrogen-bond donors (Lipinski definition) is 0. The van der Waals surface area contributed by atoms with Crippen molar-refractivity contribution in [3.05, 3.63) is 65.4 Å². The fraction of sp³-hybridized carbons (Fsp3) is 0.111. The molecule has 2 aromatic carbocycles. The molecule has 8 heteroatoms. The number of carbonyl (C=O) groups is 1. The number of halogens is 3. The molecule has 2 aromatic rings. The second kappa shape index (κ2) is 6.91. The minimum absolute atomic E-state index is 0.0636. The Morgan fingerprint density at radius 1 is 1.12 bits per heavy atom. The van der Waals surface area contributed by atoms with Gasteiger partial charge in [0.2, 0.25) is 5.90 Å². The van der Waals surface area contributed by atoms with Crippen LogP contribution in [0.5, 0.6) is 11.5 Å². The van der Waals surface area contributed by atoms with Crippen LogP contribution in [0.1, 0.15) is 11.1 Å². The second-order valence-electron chi connectivity index (χ2n) is 5.15. The maximum Gasteiger partial charge on any atom is 0.573 e. The number of esters is 1. The van der Waals surface area contributed by atoms with Gasteiger partial charge in [-0.2, -0.15) is 0 Å². The quantitative estimate of drug-likeness (QED) is 0.610. The third-order valence-corrected chi connectivity index (χ3v) is 3.37. The lowest BCUT2D eigenvalue weighted by Gasteiger charge is -2.11. The Hall–Kier alpha value is -3.29. The average molecular weight is 363 g/mol. The van der Waals surface area contributed by atoms with Crippen LogP contribution in [0.2, 0.25) is 0 Å². The topological polar surface area (TPSA) is 57.1 Å². The van der Waals surface area contributed by atoms with Crippen molar-refractivity contribution in [1.82, 2.24) is 0 Å². The van der Waals surface area contributed by atoms with Gasteiger partial charge in [0, 0.05) is 11.1 Å². The van der Waals surface area contributed by atoms with E-state index in [1.807, 2.05) is 0 Å². The number of aliphatic imine (C=N–C) groups is 1. The van der Waals surface area contributed by atoms with Crippen molar-refractivity contribution < 1.29 is 32.2 Å². The van der Waals surface area contributed by atoms with Crippen LogP contribution < -0.4 is 9.47 Å². The lowest BCUT2D eigenvalue weighted by molar-refractivity contribution is -0.274. The van der Waals surface area contributed by atoms with Crippen molar-refractivity contribution in [1.29, 1.82) is 0 Å². The van der Waals surface area contributed by atoms with Gasteiger partial charge in [0.1, 0.15) is 11.5 Å². The zero-order valence-corrected chi connectivity index (χ0v) is 13.4. The molecule has 0 saturated carbocycles. The zero-order chi connectivity index (χ0) is 18.7. The van der Waals surface area contributed by atoms with Gasteiger partial charge in [-0.1, -0.05) is 18.2 Å². The Kier molecular flexibility index (Phi) is 4.66. The molecule has 0 unspecified atom stereocenters. The van der Waals surface area contributed by atoms with Gasteiger partial charge in [-0.15, -0.1) is 13.2 Å². The van der Waals surface area contributed by atoms with Gasteiger partial charge in [-0.3, -0.25) is 0 Å². The molecule has 0 bridgehead atoms. The van der Waals surface area contributed by atoms with E-state index in [9.17, 15) is 18.0 Å². The molecule has 0 spiro atoms. The summed E-state index contributed by atoms with van der Waals surface area (Å²) in [7, 11) is 1.35. The van der Waals surface area contributed by atoms with Gasteiger partial charge >= 0.3 is 12.3 Å². The summed E-state index contributed by atoms with van der Waals surface area (Å²) < 4.78 is 51.3. The Morgan fingerprint density at radius 2 is 1.85 bits per heavy atom. The number of methoxy groups -OCH3 is 1. The molecule has 134 valence electrons. The normalized spacial score (nSPS) is 15.6. The van der Waals surface area contributed by atoms with Crippen LogP contribution in [-0.2, 0) is 9.53 Å². The fourth-order valence-electron chi connectivity index (χ4n) is 2.28. The van der Waals surface area contributed by atoms with Crippen molar-refractivity contribution in [2.24, 2.45) is 4.99 Å². The van der Waals surface area contributed by atoms with E-state index >= 15 is 0 Å². The Morgan fingerprint density at radius 3 is 2.50 bits per heavy atom. The molecule has 3 rings (SSSR count). The number of benzene rings is 2. The molecular formula is C18H12F3NO4. The van der Waals surface area contributed by atoms with Crippen LogP contribution in [0.3, 0.4) is 0 Å². The van der Waals surface area contributed by atoms with Gasteiger partial charge in [-0.25, -0.2) is 9.79 Å². The molecule has 0 saturated heterocycles. The van der Waals surface area contributed by atoms with Gasteiger partial charge < -0.3 is 14.2 Å². The minimum Gasteiger partial charge on any atom is -0.496 e. The van der Waals surface area contributed by atoms with Crippen LogP contribution in [-0.4, -0.2) is 25.3 Å². The molecule has 1 heterocycles. The molecule has 0 aromatic heterocycles. The van der Waals surface area contributed by atoms with E-state index in [1.165, 1.54) is 19.3 Å². The first kappa shape index (κ1) is 17.5. The zero-order valence-electron chi connectivity index (χ0n) is 13.4. The molecule has 0 atom stereocenters. The lowest BCUT2D eigenvalue weighted by Crippen LogP contribution is -2.17. The summed E-state index contributed by atoms with van der Waals surface area (Å²) in [4.78, 5) is 16.1. The Balaban J connectivity index is 1.96. The smallest absolute Gasteiger partial charge is 0.496 e. The summed E-state index contributed by atoms with van der Waals surface area (Å²) in [6.45, 7) is 0. The highest BCUT2D eigenvalue weighted by Crippen LogP contribution is 2.31. The summed E-state index contributed by atoms with van der Waals surface area (Å²) in [6, 6.07) is 12.3. The van der Waals surface area contributed by atoms with Gasteiger partial charge in [0.15, 0.2) is 5.70 Å². The van der Waals surface area contributed by atoms with Crippen molar-refractivity contribution in [2.75, 3.05) is 7.11 Å². The van der Waals surface area contributed by atoms with Crippen molar-refractivity contribution >= 4 is 17.9 Å². The van der Waals surface area contributed by atoms with Gasteiger partial charge in [0.25, 0.3) is 0 Å². The van der Waals surface area contributed by atoms with Gasteiger partial charge in [0.05, 0.1) is 7.11 Å². The van der Waals surface area contributed by atoms with E-state index in [1.54, 1.807) is 30.3 Å². The largest absolute Gasteiger partial charge is 0.573 e. The third kappa shape index (κ3) is 4.02. The van der Waals surface area contributed by atoms with Crippen molar-refractivity contribution in [3.63, 3.8) is 0 Å². The summed E-state index contributed by atoms with van der Waals surface area (Å²) in [5.41, 5.74) is 0.732. The second-order valence-corrected chi connectivity index (χ2v) is 5.15. The van der Waals surface area contributed by atoms with Crippen molar-refractivity contribution in [2.45, 2.75) is 6.36 Å². The van der Waals surface area contributed by atoms with E-state index in [-0.39, 0.29) is 22.9 Å². The highest BCUT2D eigenvalue weighted by Gasteiger charge is 2.31. The number of alkyl halides is 3. The first-order valence-electron chi connectivity index (χ1n) is 7.37. The molecule has 0 amide bonds. The molecule has 0 aliphatic carbocycles. The highest BCUT2D eigenvalue weighted by atomic mass is 19.4. The molecule has 0 fully saturated rings. The number of carbonyl (C=O) groups excluding carboxylic acids is 1. The van der Waals surface area contributed by atoms with Crippen LogP contribution in [0.15, 0.2) is 59.2 Å². The summed E-state index contributed by atoms with van der Waals surface area (Å²) in [6.07, 6.45) is -3.55. The molecule has 0 radical (unpaired) electrons. The minimum atomic E-state index is -4.83. The average Bonchev–Trinajstić information content (AvgIpc) is 2.95. The number of ether oxygens (including phenoxy) is 3. The molecular weight excluding hydrogens is 351 g/mol. The van der Waals surface area contributed by atoms with Gasteiger partial charge in [-0.05, 0) is 36.4 Å². The molecule has 0 N–H and O–H groups in total. The van der Waals surface area contributed by atoms with E-state index in [0.717, 1.165) is 12.1 Å². The number of cyclic esters (lactones) is 1. The van der Waals surface area contributed by atoms with E-state index in [4.69, 9.17) is 9.47 Å². The van der Waals surface area contributed by atoms with Crippen LogP contribution in [0.25, 0.3) is 6.08 Å². The molecule has 1 aliphatic heterocycles. The third-order valence-electron chi connectivity index (χ3n) is 3.37. The molecule has 5 nitrogen and oxygen atoms in total. The maximum atomic E-state index is 12.4. The van der Waals surface area contributed by atoms with Crippen LogP contribution in [0.4, 0.5) is 13.2 Å². The monoisotopic (exact) mass is 363 g/mol. The molecule has 1 aliphatic rings. The predicted octanol–water partition coefficient (Wildman–Crippen LogP) is 3.94.